The molecule has 0 fully saturated rings. The second kappa shape index (κ2) is 8.53. The zero-order chi connectivity index (χ0) is 20.3. The zero-order valence-corrected chi connectivity index (χ0v) is 18.2. The van der Waals surface area contributed by atoms with Crippen LogP contribution in [0.4, 0.5) is 5.69 Å². The van der Waals surface area contributed by atoms with Crippen molar-refractivity contribution in [2.75, 3.05) is 18.1 Å². The summed E-state index contributed by atoms with van der Waals surface area (Å²) in [4.78, 5) is 12.6. The van der Waals surface area contributed by atoms with Crippen molar-refractivity contribution in [3.63, 3.8) is 0 Å². The summed E-state index contributed by atoms with van der Waals surface area (Å²) < 4.78 is 25.4. The molecule has 0 spiro atoms. The minimum absolute atomic E-state index is 0.119. The van der Waals surface area contributed by atoms with E-state index < -0.39 is 15.6 Å². The van der Waals surface area contributed by atoms with Gasteiger partial charge in [-0.15, -0.1) is 0 Å². The molecule has 0 heterocycles. The molecule has 0 radical (unpaired) electrons. The molecule has 0 saturated carbocycles. The van der Waals surface area contributed by atoms with Crippen molar-refractivity contribution in [1.29, 1.82) is 0 Å². The van der Waals surface area contributed by atoms with E-state index in [9.17, 15) is 13.2 Å². The Balaban J connectivity index is 3.02. The van der Waals surface area contributed by atoms with E-state index in [1.165, 1.54) is 10.6 Å². The fourth-order valence-corrected chi connectivity index (χ4v) is 4.52. The van der Waals surface area contributed by atoms with E-state index in [1.807, 2.05) is 39.0 Å². The first kappa shape index (κ1) is 22.6. The van der Waals surface area contributed by atoms with Crippen molar-refractivity contribution in [3.05, 3.63) is 29.3 Å². The van der Waals surface area contributed by atoms with Gasteiger partial charge >= 0.3 is 0 Å². The van der Waals surface area contributed by atoms with E-state index in [0.29, 0.717) is 0 Å². The van der Waals surface area contributed by atoms with Crippen molar-refractivity contribution in [3.8, 4) is 0 Å². The topological polar surface area (TPSA) is 66.5 Å². The molecule has 6 heteroatoms. The number of sulfonamides is 1. The molecule has 0 unspecified atom stereocenters. The van der Waals surface area contributed by atoms with Gasteiger partial charge in [0.25, 0.3) is 0 Å². The molecular weight excluding hydrogens is 348 g/mol. The summed E-state index contributed by atoms with van der Waals surface area (Å²) in [7, 11) is -3.38. The summed E-state index contributed by atoms with van der Waals surface area (Å²) in [5, 5.41) is 3.04. The van der Waals surface area contributed by atoms with E-state index >= 15 is 0 Å². The number of carbonyl (C=O) groups excluding carboxylic acids is 1. The fraction of sp³-hybridized carbons (Fsp3) is 0.650. The maximum atomic E-state index is 12.6. The van der Waals surface area contributed by atoms with E-state index in [1.54, 1.807) is 0 Å². The monoisotopic (exact) mass is 382 g/mol. The van der Waals surface area contributed by atoms with Crippen LogP contribution in [0, 0.1) is 0 Å². The largest absolute Gasteiger partial charge is 0.326 e. The van der Waals surface area contributed by atoms with Gasteiger partial charge in [0.05, 0.1) is 6.26 Å². The maximum absolute atomic E-state index is 12.6. The van der Waals surface area contributed by atoms with Crippen molar-refractivity contribution < 1.29 is 13.2 Å². The van der Waals surface area contributed by atoms with Gasteiger partial charge in [-0.25, -0.2) is 8.42 Å². The number of rotatable bonds is 7. The van der Waals surface area contributed by atoms with Crippen LogP contribution in [0.25, 0.3) is 0 Å². The summed E-state index contributed by atoms with van der Waals surface area (Å²) in [6, 6.07) is 6.08. The van der Waals surface area contributed by atoms with Gasteiger partial charge < -0.3 is 5.32 Å². The van der Waals surface area contributed by atoms with Crippen LogP contribution in [0.15, 0.2) is 18.2 Å². The van der Waals surface area contributed by atoms with Crippen LogP contribution in [-0.4, -0.2) is 37.0 Å². The number of carbonyl (C=O) groups is 1. The standard InChI is InChI=1S/C20H34N2O3S/c1-14(2)16-10-9-11-17(15(3)4)19(16)21-18(23)12-13-22(20(5,6)7)26(8,24)25/h9-11,14-15H,12-13H2,1-8H3,(H,21,23). The zero-order valence-electron chi connectivity index (χ0n) is 17.4. The molecular formula is C20H34N2O3S. The Kier molecular flexibility index (Phi) is 7.42. The minimum Gasteiger partial charge on any atom is -0.326 e. The van der Waals surface area contributed by atoms with Gasteiger partial charge in [0, 0.05) is 24.2 Å². The van der Waals surface area contributed by atoms with Crippen molar-refractivity contribution in [2.45, 2.75) is 72.3 Å². The maximum Gasteiger partial charge on any atom is 0.225 e. The van der Waals surface area contributed by atoms with Crippen LogP contribution < -0.4 is 5.32 Å². The number of nitrogens with one attached hydrogen (secondary N) is 1. The SMILES string of the molecule is CC(C)c1cccc(C(C)C)c1NC(=O)CCN(C(C)(C)C)S(C)(=O)=O. The Hall–Kier alpha value is -1.40. The average molecular weight is 383 g/mol. The molecule has 1 amide bonds. The lowest BCUT2D eigenvalue weighted by atomic mass is 9.92. The van der Waals surface area contributed by atoms with Crippen LogP contribution in [0.2, 0.25) is 0 Å². The van der Waals surface area contributed by atoms with E-state index in [4.69, 9.17) is 0 Å². The highest BCUT2D eigenvalue weighted by Gasteiger charge is 2.29. The summed E-state index contributed by atoms with van der Waals surface area (Å²) in [5.74, 6) is 0.398. The second-order valence-corrected chi connectivity index (χ2v) is 10.3. The molecule has 26 heavy (non-hydrogen) atoms. The fourth-order valence-electron chi connectivity index (χ4n) is 3.10. The lowest BCUT2D eigenvalue weighted by Crippen LogP contribution is -2.46. The Morgan fingerprint density at radius 1 is 1.08 bits per heavy atom. The van der Waals surface area contributed by atoms with Crippen LogP contribution in [0.5, 0.6) is 0 Å². The highest BCUT2D eigenvalue weighted by Crippen LogP contribution is 2.32. The highest BCUT2D eigenvalue weighted by atomic mass is 32.2. The molecule has 0 atom stereocenters. The highest BCUT2D eigenvalue weighted by molar-refractivity contribution is 7.88. The third kappa shape index (κ3) is 6.09. The van der Waals surface area contributed by atoms with E-state index in [-0.39, 0.29) is 30.7 Å². The summed E-state index contributed by atoms with van der Waals surface area (Å²) in [5.41, 5.74) is 2.50. The van der Waals surface area contributed by atoms with Gasteiger partial charge in [0.2, 0.25) is 15.9 Å². The molecule has 5 nitrogen and oxygen atoms in total. The van der Waals surface area contributed by atoms with E-state index in [0.717, 1.165) is 16.8 Å². The van der Waals surface area contributed by atoms with E-state index in [2.05, 4.69) is 33.0 Å². The summed E-state index contributed by atoms with van der Waals surface area (Å²) >= 11 is 0. The number of nitrogens with zero attached hydrogens (tertiary/aromatic N) is 1. The molecule has 0 aromatic heterocycles. The Morgan fingerprint density at radius 2 is 1.54 bits per heavy atom. The van der Waals surface area contributed by atoms with Crippen molar-refractivity contribution in [2.24, 2.45) is 0 Å². The first-order valence-electron chi connectivity index (χ1n) is 9.15. The lowest BCUT2D eigenvalue weighted by molar-refractivity contribution is -0.116. The van der Waals surface area contributed by atoms with Crippen molar-refractivity contribution >= 4 is 21.6 Å². The molecule has 148 valence electrons. The normalized spacial score (nSPS) is 12.9. The lowest BCUT2D eigenvalue weighted by Gasteiger charge is -2.33. The summed E-state index contributed by atoms with van der Waals surface area (Å²) in [6.45, 7) is 14.0. The van der Waals surface area contributed by atoms with Crippen LogP contribution >= 0.6 is 0 Å². The van der Waals surface area contributed by atoms with Crippen molar-refractivity contribution in [1.82, 2.24) is 4.31 Å². The Bertz CT molecular complexity index is 706. The molecule has 1 rings (SSSR count). The number of anilines is 1. The minimum atomic E-state index is -3.38. The number of hydrogen-bond donors (Lipinski definition) is 1. The smallest absolute Gasteiger partial charge is 0.225 e. The molecule has 0 aliphatic rings. The molecule has 0 bridgehead atoms. The number of para-hydroxylation sites is 1. The average Bonchev–Trinajstić information content (AvgIpc) is 2.43. The molecule has 1 N–H and O–H groups in total. The van der Waals surface area contributed by atoms with Gasteiger partial charge in [0.15, 0.2) is 0 Å². The first-order valence-corrected chi connectivity index (χ1v) is 11.0. The molecule has 1 aromatic rings. The number of amides is 1. The first-order chi connectivity index (χ1) is 11.7. The molecule has 0 aliphatic carbocycles. The number of benzene rings is 1. The van der Waals surface area contributed by atoms with Gasteiger partial charge in [-0.05, 0) is 43.7 Å². The third-order valence-electron chi connectivity index (χ3n) is 4.33. The Labute approximate surface area is 159 Å². The number of hydrogen-bond acceptors (Lipinski definition) is 3. The van der Waals surface area contributed by atoms with Crippen LogP contribution in [0.1, 0.15) is 77.8 Å². The Morgan fingerprint density at radius 3 is 1.88 bits per heavy atom. The van der Waals surface area contributed by atoms with Gasteiger partial charge in [-0.2, -0.15) is 4.31 Å². The summed E-state index contributed by atoms with van der Waals surface area (Å²) in [6.07, 6.45) is 1.30. The predicted octanol–water partition coefficient (Wildman–Crippen LogP) is 4.32. The second-order valence-electron chi connectivity index (χ2n) is 8.42. The van der Waals surface area contributed by atoms with Crippen LogP contribution in [0.3, 0.4) is 0 Å². The quantitative estimate of drug-likeness (QED) is 0.763. The van der Waals surface area contributed by atoms with Gasteiger partial charge in [-0.1, -0.05) is 45.9 Å². The molecule has 0 aliphatic heterocycles. The van der Waals surface area contributed by atoms with Gasteiger partial charge in [-0.3, -0.25) is 4.79 Å². The predicted molar refractivity (Wildman–Crippen MR) is 109 cm³/mol. The van der Waals surface area contributed by atoms with Crippen LogP contribution in [-0.2, 0) is 14.8 Å². The molecule has 1 aromatic carbocycles. The third-order valence-corrected chi connectivity index (χ3v) is 5.86. The molecule has 0 saturated heterocycles. The van der Waals surface area contributed by atoms with Gasteiger partial charge in [0.1, 0.15) is 0 Å².